The van der Waals surface area contributed by atoms with Crippen molar-refractivity contribution in [2.24, 2.45) is 0 Å². The molecule has 0 spiro atoms. The summed E-state index contributed by atoms with van der Waals surface area (Å²) in [4.78, 5) is 38.2. The minimum Gasteiger partial charge on any atom is -0.495 e. The van der Waals surface area contributed by atoms with Crippen molar-refractivity contribution in [2.45, 2.75) is 17.4 Å². The highest BCUT2D eigenvalue weighted by atomic mass is 32.2. The lowest BCUT2D eigenvalue weighted by molar-refractivity contribution is -0.145. The summed E-state index contributed by atoms with van der Waals surface area (Å²) in [5, 5.41) is 2.61. The molecule has 0 aromatic heterocycles. The Morgan fingerprint density at radius 1 is 1.16 bits per heavy atom. The maximum Gasteiger partial charge on any atom is 0.308 e. The molecule has 170 valence electrons. The van der Waals surface area contributed by atoms with E-state index in [9.17, 15) is 22.8 Å². The lowest BCUT2D eigenvalue weighted by Crippen LogP contribution is -2.57. The van der Waals surface area contributed by atoms with Crippen LogP contribution in [0.5, 0.6) is 5.75 Å². The lowest BCUT2D eigenvalue weighted by Gasteiger charge is -2.34. The number of sulfonamides is 1. The Labute approximate surface area is 185 Å². The summed E-state index contributed by atoms with van der Waals surface area (Å²) in [5.41, 5.74) is 0.315. The molecule has 0 radical (unpaired) electrons. The molecule has 3 rings (SSSR count). The Kier molecular flexibility index (Phi) is 6.98. The number of amides is 2. The molecule has 2 aromatic rings. The highest BCUT2D eigenvalue weighted by molar-refractivity contribution is 7.92. The number of carbonyl (C=O) groups is 3. The van der Waals surface area contributed by atoms with Crippen molar-refractivity contribution >= 4 is 33.5 Å². The molecule has 0 aliphatic carbocycles. The monoisotopic (exact) mass is 461 g/mol. The first-order valence-corrected chi connectivity index (χ1v) is 11.2. The maximum atomic E-state index is 13.1. The van der Waals surface area contributed by atoms with Crippen molar-refractivity contribution in [3.8, 4) is 5.75 Å². The van der Waals surface area contributed by atoms with Crippen LogP contribution in [0, 0.1) is 0 Å². The fourth-order valence-corrected chi connectivity index (χ4v) is 4.41. The normalized spacial score (nSPS) is 16.1. The third kappa shape index (κ3) is 4.99. The Balaban J connectivity index is 1.88. The van der Waals surface area contributed by atoms with Gasteiger partial charge in [-0.25, -0.2) is 8.42 Å². The van der Waals surface area contributed by atoms with E-state index in [0.29, 0.717) is 5.75 Å². The van der Waals surface area contributed by atoms with Crippen molar-refractivity contribution in [1.82, 2.24) is 10.2 Å². The summed E-state index contributed by atoms with van der Waals surface area (Å²) >= 11 is 0. The van der Waals surface area contributed by atoms with Gasteiger partial charge in [-0.05, 0) is 30.3 Å². The molecule has 1 saturated heterocycles. The molecule has 10 nitrogen and oxygen atoms in total. The van der Waals surface area contributed by atoms with E-state index in [0.717, 1.165) is 0 Å². The van der Waals surface area contributed by atoms with Crippen molar-refractivity contribution in [1.29, 1.82) is 0 Å². The molecule has 2 aromatic carbocycles. The Hall–Kier alpha value is -3.60. The van der Waals surface area contributed by atoms with Crippen LogP contribution in [0.4, 0.5) is 5.69 Å². The van der Waals surface area contributed by atoms with Crippen LogP contribution in [-0.2, 0) is 24.3 Å². The third-order valence-electron chi connectivity index (χ3n) is 4.92. The molecule has 2 amide bonds. The molecule has 0 saturated carbocycles. The number of methoxy groups -OCH3 is 2. The van der Waals surface area contributed by atoms with Crippen molar-refractivity contribution < 1.29 is 32.3 Å². The fourth-order valence-electron chi connectivity index (χ4n) is 3.30. The minimum atomic E-state index is -4.03. The van der Waals surface area contributed by atoms with Crippen molar-refractivity contribution in [3.05, 3.63) is 54.1 Å². The summed E-state index contributed by atoms with van der Waals surface area (Å²) < 4.78 is 38.0. The standard InChI is InChI=1S/C21H23N3O7S/c1-30-18-9-4-3-8-16(18)23-32(28,29)15-7-5-6-14(12-15)21(27)24-11-10-22-20(26)17(24)13-19(25)31-2/h3-9,12,17,23H,10-11,13H2,1-2H3,(H,22,26). The smallest absolute Gasteiger partial charge is 0.308 e. The number of hydrogen-bond donors (Lipinski definition) is 2. The van der Waals surface area contributed by atoms with Gasteiger partial charge in [-0.2, -0.15) is 0 Å². The average Bonchev–Trinajstić information content (AvgIpc) is 2.80. The average molecular weight is 461 g/mol. The van der Waals surface area contributed by atoms with Gasteiger partial charge in [0.1, 0.15) is 11.8 Å². The van der Waals surface area contributed by atoms with Gasteiger partial charge in [0.25, 0.3) is 15.9 Å². The van der Waals surface area contributed by atoms with Gasteiger partial charge in [0.2, 0.25) is 5.91 Å². The SMILES string of the molecule is COC(=O)CC1C(=O)NCCN1C(=O)c1cccc(S(=O)(=O)Nc2ccccc2OC)c1. The molecule has 1 heterocycles. The van der Waals surface area contributed by atoms with Crippen LogP contribution in [0.25, 0.3) is 0 Å². The van der Waals surface area contributed by atoms with E-state index in [4.69, 9.17) is 4.74 Å². The van der Waals surface area contributed by atoms with Crippen LogP contribution in [0.2, 0.25) is 0 Å². The molecule has 0 bridgehead atoms. The van der Waals surface area contributed by atoms with Crippen molar-refractivity contribution in [3.63, 3.8) is 0 Å². The Bertz CT molecular complexity index is 1130. The summed E-state index contributed by atoms with van der Waals surface area (Å²) in [5.74, 6) is -1.34. The number of ether oxygens (including phenoxy) is 2. The number of esters is 1. The summed E-state index contributed by atoms with van der Waals surface area (Å²) in [6.07, 6.45) is -0.304. The van der Waals surface area contributed by atoms with Gasteiger partial charge >= 0.3 is 5.97 Å². The second-order valence-corrected chi connectivity index (χ2v) is 8.60. The lowest BCUT2D eigenvalue weighted by atomic mass is 10.1. The number of piperazine rings is 1. The van der Waals surface area contributed by atoms with Gasteiger partial charge in [-0.1, -0.05) is 18.2 Å². The van der Waals surface area contributed by atoms with Gasteiger partial charge in [0, 0.05) is 18.7 Å². The number of nitrogens with zero attached hydrogens (tertiary/aromatic N) is 1. The fraction of sp³-hybridized carbons (Fsp3) is 0.286. The second kappa shape index (κ2) is 9.69. The van der Waals surface area contributed by atoms with E-state index in [-0.39, 0.29) is 35.7 Å². The second-order valence-electron chi connectivity index (χ2n) is 6.92. The molecule has 1 aliphatic heterocycles. The Morgan fingerprint density at radius 2 is 1.91 bits per heavy atom. The topological polar surface area (TPSA) is 131 Å². The van der Waals surface area contributed by atoms with Gasteiger partial charge in [0.05, 0.1) is 31.2 Å². The van der Waals surface area contributed by atoms with Gasteiger partial charge in [-0.3, -0.25) is 19.1 Å². The first kappa shape index (κ1) is 23.1. The number of para-hydroxylation sites is 2. The maximum absolute atomic E-state index is 13.1. The van der Waals surface area contributed by atoms with E-state index in [1.54, 1.807) is 24.3 Å². The van der Waals surface area contributed by atoms with Crippen LogP contribution in [0.3, 0.4) is 0 Å². The molecule has 1 atom stereocenters. The third-order valence-corrected chi connectivity index (χ3v) is 6.29. The molecule has 1 aliphatic rings. The van der Waals surface area contributed by atoms with Crippen LogP contribution in [0.1, 0.15) is 16.8 Å². The van der Waals surface area contributed by atoms with E-state index in [1.165, 1.54) is 43.4 Å². The molecule has 1 unspecified atom stereocenters. The van der Waals surface area contributed by atoms with E-state index >= 15 is 0 Å². The van der Waals surface area contributed by atoms with E-state index in [1.807, 2.05) is 0 Å². The number of carbonyl (C=O) groups excluding carboxylic acids is 3. The largest absolute Gasteiger partial charge is 0.495 e. The highest BCUT2D eigenvalue weighted by Crippen LogP contribution is 2.26. The quantitative estimate of drug-likeness (QED) is 0.588. The minimum absolute atomic E-state index is 0.0671. The van der Waals surface area contributed by atoms with Crippen LogP contribution in [-0.4, -0.2) is 64.5 Å². The molecule has 2 N–H and O–H groups in total. The predicted molar refractivity (Wildman–Crippen MR) is 115 cm³/mol. The zero-order chi connectivity index (χ0) is 23.3. The number of rotatable bonds is 7. The van der Waals surface area contributed by atoms with Crippen LogP contribution in [0.15, 0.2) is 53.4 Å². The zero-order valence-corrected chi connectivity index (χ0v) is 18.3. The van der Waals surface area contributed by atoms with Gasteiger partial charge in [-0.15, -0.1) is 0 Å². The first-order chi connectivity index (χ1) is 15.3. The predicted octanol–water partition coefficient (Wildman–Crippen LogP) is 1.000. The van der Waals surface area contributed by atoms with Gasteiger partial charge < -0.3 is 19.7 Å². The molecule has 1 fully saturated rings. The number of nitrogens with one attached hydrogen (secondary N) is 2. The first-order valence-electron chi connectivity index (χ1n) is 9.68. The van der Waals surface area contributed by atoms with Crippen LogP contribution < -0.4 is 14.8 Å². The molecular formula is C21H23N3O7S. The number of anilines is 1. The molecule has 11 heteroatoms. The summed E-state index contributed by atoms with van der Waals surface area (Å²) in [7, 11) is -1.42. The summed E-state index contributed by atoms with van der Waals surface area (Å²) in [6, 6.07) is 10.9. The molecule has 32 heavy (non-hydrogen) atoms. The van der Waals surface area contributed by atoms with Crippen molar-refractivity contribution in [2.75, 3.05) is 32.0 Å². The van der Waals surface area contributed by atoms with E-state index < -0.39 is 33.8 Å². The van der Waals surface area contributed by atoms with Crippen LogP contribution >= 0.6 is 0 Å². The highest BCUT2D eigenvalue weighted by Gasteiger charge is 2.35. The molecular weight excluding hydrogens is 438 g/mol. The number of benzene rings is 2. The number of hydrogen-bond acceptors (Lipinski definition) is 7. The zero-order valence-electron chi connectivity index (χ0n) is 17.5. The van der Waals surface area contributed by atoms with Gasteiger partial charge in [0.15, 0.2) is 0 Å². The Morgan fingerprint density at radius 3 is 2.62 bits per heavy atom. The van der Waals surface area contributed by atoms with E-state index in [2.05, 4.69) is 14.8 Å². The summed E-state index contributed by atoms with van der Waals surface area (Å²) in [6.45, 7) is 0.387.